The number of benzene rings is 1. The monoisotopic (exact) mass is 311 g/mol. The third-order valence-electron chi connectivity index (χ3n) is 3.73. The largest absolute Gasteiger partial charge is 0.488 e. The Bertz CT molecular complexity index is 525. The highest BCUT2D eigenvalue weighted by Gasteiger charge is 2.29. The van der Waals surface area contributed by atoms with Crippen LogP contribution >= 0.6 is 11.6 Å². The molecule has 1 N–H and O–H groups in total. The zero-order valence-electron chi connectivity index (χ0n) is 12.7. The molecule has 1 atom stereocenters. The summed E-state index contributed by atoms with van der Waals surface area (Å²) in [7, 11) is 0. The lowest BCUT2D eigenvalue weighted by Gasteiger charge is -2.36. The van der Waals surface area contributed by atoms with Crippen LogP contribution in [-0.2, 0) is 11.2 Å². The SMILES string of the molecule is CC(C)(C)N(CCC(=O)O)CC1Cc2cc(Cl)ccc2O1. The van der Waals surface area contributed by atoms with Crippen LogP contribution < -0.4 is 4.74 Å². The average Bonchev–Trinajstić information content (AvgIpc) is 2.74. The summed E-state index contributed by atoms with van der Waals surface area (Å²) in [4.78, 5) is 13.0. The molecular weight excluding hydrogens is 290 g/mol. The minimum Gasteiger partial charge on any atom is -0.488 e. The van der Waals surface area contributed by atoms with E-state index in [1.807, 2.05) is 18.2 Å². The van der Waals surface area contributed by atoms with Crippen molar-refractivity contribution in [2.24, 2.45) is 0 Å². The normalized spacial score (nSPS) is 17.7. The molecule has 1 aromatic carbocycles. The first-order valence-corrected chi connectivity index (χ1v) is 7.55. The third kappa shape index (κ3) is 4.35. The van der Waals surface area contributed by atoms with Gasteiger partial charge < -0.3 is 9.84 Å². The Morgan fingerprint density at radius 2 is 2.19 bits per heavy atom. The van der Waals surface area contributed by atoms with Gasteiger partial charge in [0.25, 0.3) is 0 Å². The van der Waals surface area contributed by atoms with Crippen molar-refractivity contribution >= 4 is 17.6 Å². The maximum atomic E-state index is 10.8. The fourth-order valence-electron chi connectivity index (χ4n) is 2.57. The van der Waals surface area contributed by atoms with Gasteiger partial charge in [0, 0.05) is 30.1 Å². The van der Waals surface area contributed by atoms with Crippen LogP contribution in [0.2, 0.25) is 5.02 Å². The molecule has 116 valence electrons. The van der Waals surface area contributed by atoms with Crippen molar-refractivity contribution in [3.63, 3.8) is 0 Å². The first-order valence-electron chi connectivity index (χ1n) is 7.17. The van der Waals surface area contributed by atoms with Crippen molar-refractivity contribution in [1.82, 2.24) is 4.90 Å². The minimum atomic E-state index is -0.772. The molecule has 21 heavy (non-hydrogen) atoms. The van der Waals surface area contributed by atoms with Crippen LogP contribution in [-0.4, -0.2) is 40.7 Å². The lowest BCUT2D eigenvalue weighted by molar-refractivity contribution is -0.137. The van der Waals surface area contributed by atoms with Gasteiger partial charge in [0.15, 0.2) is 0 Å². The van der Waals surface area contributed by atoms with E-state index in [-0.39, 0.29) is 18.1 Å². The Hall–Kier alpha value is -1.26. The molecule has 0 radical (unpaired) electrons. The summed E-state index contributed by atoms with van der Waals surface area (Å²) in [6.07, 6.45) is 1.00. The number of nitrogens with zero attached hydrogens (tertiary/aromatic N) is 1. The van der Waals surface area contributed by atoms with E-state index in [0.717, 1.165) is 22.8 Å². The second kappa shape index (κ2) is 6.24. The molecule has 1 aliphatic rings. The number of hydrogen-bond donors (Lipinski definition) is 1. The zero-order valence-corrected chi connectivity index (χ0v) is 13.5. The van der Waals surface area contributed by atoms with Crippen molar-refractivity contribution in [1.29, 1.82) is 0 Å². The Morgan fingerprint density at radius 3 is 2.81 bits per heavy atom. The number of fused-ring (bicyclic) bond motifs is 1. The molecule has 0 amide bonds. The molecule has 0 fully saturated rings. The highest BCUT2D eigenvalue weighted by atomic mass is 35.5. The predicted molar refractivity (Wildman–Crippen MR) is 83.2 cm³/mol. The van der Waals surface area contributed by atoms with Crippen molar-refractivity contribution in [2.45, 2.75) is 45.3 Å². The molecule has 1 aliphatic heterocycles. The van der Waals surface area contributed by atoms with Gasteiger partial charge in [-0.1, -0.05) is 11.6 Å². The molecular formula is C16H22ClNO3. The van der Waals surface area contributed by atoms with Crippen molar-refractivity contribution in [3.05, 3.63) is 28.8 Å². The molecule has 1 aromatic rings. The van der Waals surface area contributed by atoms with Gasteiger partial charge in [-0.3, -0.25) is 9.69 Å². The molecule has 0 saturated heterocycles. The van der Waals surface area contributed by atoms with Crippen LogP contribution in [0.3, 0.4) is 0 Å². The van der Waals surface area contributed by atoms with Crippen LogP contribution in [0.25, 0.3) is 0 Å². The van der Waals surface area contributed by atoms with Crippen molar-refractivity contribution in [2.75, 3.05) is 13.1 Å². The second-order valence-corrected chi connectivity index (χ2v) is 6.89. The predicted octanol–water partition coefficient (Wildman–Crippen LogP) is 3.22. The Kier molecular flexibility index (Phi) is 4.79. The van der Waals surface area contributed by atoms with Crippen LogP contribution in [0, 0.1) is 0 Å². The second-order valence-electron chi connectivity index (χ2n) is 6.46. The number of carbonyl (C=O) groups is 1. The molecule has 1 heterocycles. The molecule has 1 unspecified atom stereocenters. The molecule has 0 spiro atoms. The van der Waals surface area contributed by atoms with E-state index in [0.29, 0.717) is 13.1 Å². The summed E-state index contributed by atoms with van der Waals surface area (Å²) in [6.45, 7) is 7.51. The number of carboxylic acid groups (broad SMARTS) is 1. The zero-order chi connectivity index (χ0) is 15.6. The highest BCUT2D eigenvalue weighted by Crippen LogP contribution is 2.32. The molecule has 0 aromatic heterocycles. The summed E-state index contributed by atoms with van der Waals surface area (Å²) in [5.41, 5.74) is 1.03. The summed E-state index contributed by atoms with van der Waals surface area (Å²) < 4.78 is 5.95. The van der Waals surface area contributed by atoms with E-state index in [4.69, 9.17) is 21.4 Å². The fourth-order valence-corrected chi connectivity index (χ4v) is 2.76. The van der Waals surface area contributed by atoms with Gasteiger partial charge in [0.05, 0.1) is 6.42 Å². The van der Waals surface area contributed by atoms with E-state index in [1.54, 1.807) is 0 Å². The first kappa shape index (κ1) is 16.1. The van der Waals surface area contributed by atoms with Gasteiger partial charge in [0.1, 0.15) is 11.9 Å². The topological polar surface area (TPSA) is 49.8 Å². The number of halogens is 1. The summed E-state index contributed by atoms with van der Waals surface area (Å²) in [5.74, 6) is 0.114. The smallest absolute Gasteiger partial charge is 0.304 e. The number of ether oxygens (including phenoxy) is 1. The standard InChI is InChI=1S/C16H22ClNO3/c1-16(2,3)18(7-6-15(19)20)10-13-9-11-8-12(17)4-5-14(11)21-13/h4-5,8,13H,6-7,9-10H2,1-3H3,(H,19,20). The van der Waals surface area contributed by atoms with E-state index >= 15 is 0 Å². The molecule has 2 rings (SSSR count). The first-order chi connectivity index (χ1) is 9.75. The van der Waals surface area contributed by atoms with E-state index in [9.17, 15) is 4.79 Å². The average molecular weight is 312 g/mol. The summed E-state index contributed by atoms with van der Waals surface area (Å²) in [6, 6.07) is 5.67. The fraction of sp³-hybridized carbons (Fsp3) is 0.562. The minimum absolute atomic E-state index is 0.0477. The lowest BCUT2D eigenvalue weighted by atomic mass is 10.0. The molecule has 4 nitrogen and oxygen atoms in total. The summed E-state index contributed by atoms with van der Waals surface area (Å²) in [5, 5.41) is 9.61. The summed E-state index contributed by atoms with van der Waals surface area (Å²) >= 11 is 6.00. The van der Waals surface area contributed by atoms with Gasteiger partial charge in [0.2, 0.25) is 0 Å². The van der Waals surface area contributed by atoms with Crippen molar-refractivity contribution < 1.29 is 14.6 Å². The van der Waals surface area contributed by atoms with Crippen LogP contribution in [0.1, 0.15) is 32.8 Å². The molecule has 0 bridgehead atoms. The third-order valence-corrected chi connectivity index (χ3v) is 3.97. The highest BCUT2D eigenvalue weighted by molar-refractivity contribution is 6.30. The van der Waals surface area contributed by atoms with Gasteiger partial charge in [-0.25, -0.2) is 0 Å². The van der Waals surface area contributed by atoms with Crippen molar-refractivity contribution in [3.8, 4) is 5.75 Å². The van der Waals surface area contributed by atoms with E-state index in [1.165, 1.54) is 0 Å². The molecule has 0 saturated carbocycles. The quantitative estimate of drug-likeness (QED) is 0.907. The van der Waals surface area contributed by atoms with Gasteiger partial charge in [-0.05, 0) is 44.5 Å². The van der Waals surface area contributed by atoms with Gasteiger partial charge in [-0.15, -0.1) is 0 Å². The molecule has 5 heteroatoms. The molecule has 0 aliphatic carbocycles. The van der Waals surface area contributed by atoms with E-state index in [2.05, 4.69) is 25.7 Å². The number of rotatable bonds is 5. The number of carboxylic acids is 1. The number of aliphatic carboxylic acids is 1. The van der Waals surface area contributed by atoms with Crippen LogP contribution in [0.5, 0.6) is 5.75 Å². The van der Waals surface area contributed by atoms with E-state index < -0.39 is 5.97 Å². The lowest BCUT2D eigenvalue weighted by Crippen LogP contribution is -2.47. The maximum Gasteiger partial charge on any atom is 0.304 e. The van der Waals surface area contributed by atoms with Gasteiger partial charge in [-0.2, -0.15) is 0 Å². The Balaban J connectivity index is 2.01. The Labute approximate surface area is 130 Å². The van der Waals surface area contributed by atoms with Crippen LogP contribution in [0.15, 0.2) is 18.2 Å². The van der Waals surface area contributed by atoms with Gasteiger partial charge >= 0.3 is 5.97 Å². The number of hydrogen-bond acceptors (Lipinski definition) is 3. The Morgan fingerprint density at radius 1 is 1.48 bits per heavy atom. The maximum absolute atomic E-state index is 10.8. The van der Waals surface area contributed by atoms with Crippen LogP contribution in [0.4, 0.5) is 0 Å².